The lowest BCUT2D eigenvalue weighted by molar-refractivity contribution is 0.0708. The molecule has 4 nitrogen and oxygen atoms in total. The van der Waals surface area contributed by atoms with E-state index in [9.17, 15) is 10.2 Å². The number of nitrogens with one attached hydrogen (secondary N) is 1. The molecule has 2 aromatic rings. The van der Waals surface area contributed by atoms with Crippen LogP contribution in [0.15, 0.2) is 36.4 Å². The Hall–Kier alpha value is -2.33. The molecule has 0 fully saturated rings. The molecular formula is C17H17NO3. The van der Waals surface area contributed by atoms with E-state index in [1.165, 1.54) is 0 Å². The van der Waals surface area contributed by atoms with Gasteiger partial charge in [0.1, 0.15) is 17.6 Å². The molecule has 2 aromatic carbocycles. The molecule has 0 aliphatic carbocycles. The molecule has 1 aliphatic heterocycles. The number of ether oxygens (including phenoxy) is 1. The molecule has 3 rings (SSSR count). The second-order valence-corrected chi connectivity index (χ2v) is 5.44. The smallest absolute Gasteiger partial charge is 0.155 e. The fraction of sp³-hybridized carbons (Fsp3) is 0.235. The zero-order valence-electron chi connectivity index (χ0n) is 11.9. The van der Waals surface area contributed by atoms with E-state index in [-0.39, 0.29) is 11.5 Å². The lowest BCUT2D eigenvalue weighted by Gasteiger charge is -2.31. The van der Waals surface area contributed by atoms with Gasteiger partial charge in [-0.05, 0) is 48.7 Å². The van der Waals surface area contributed by atoms with Crippen LogP contribution in [0.1, 0.15) is 28.4 Å². The van der Waals surface area contributed by atoms with Crippen molar-refractivity contribution < 1.29 is 14.9 Å². The Kier molecular flexibility index (Phi) is 3.18. The van der Waals surface area contributed by atoms with Crippen LogP contribution in [0.5, 0.6) is 11.5 Å². The first-order valence-corrected chi connectivity index (χ1v) is 6.81. The number of phenols is 1. The predicted molar refractivity (Wildman–Crippen MR) is 80.2 cm³/mol. The minimum absolute atomic E-state index is 0.140. The van der Waals surface area contributed by atoms with Crippen LogP contribution in [0.3, 0.4) is 0 Å². The van der Waals surface area contributed by atoms with Crippen LogP contribution in [-0.2, 0) is 0 Å². The summed E-state index contributed by atoms with van der Waals surface area (Å²) in [6.07, 6.45) is -1.74. The molecule has 2 unspecified atom stereocenters. The van der Waals surface area contributed by atoms with Crippen LogP contribution in [0.4, 0.5) is 0 Å². The monoisotopic (exact) mass is 283 g/mol. The molecular weight excluding hydrogens is 266 g/mol. The molecule has 2 atom stereocenters. The van der Waals surface area contributed by atoms with Crippen LogP contribution >= 0.6 is 0 Å². The summed E-state index contributed by atoms with van der Waals surface area (Å²) >= 11 is 0. The number of hydrogen-bond donors (Lipinski definition) is 3. The van der Waals surface area contributed by atoms with Gasteiger partial charge in [-0.1, -0.05) is 18.2 Å². The van der Waals surface area contributed by atoms with E-state index >= 15 is 0 Å². The van der Waals surface area contributed by atoms with Gasteiger partial charge in [0, 0.05) is 5.56 Å². The summed E-state index contributed by atoms with van der Waals surface area (Å²) in [5.74, 6) is 0.750. The van der Waals surface area contributed by atoms with Crippen LogP contribution in [0, 0.1) is 19.3 Å². The van der Waals surface area contributed by atoms with Crippen molar-refractivity contribution in [3.8, 4) is 11.5 Å². The van der Waals surface area contributed by atoms with Gasteiger partial charge < -0.3 is 20.4 Å². The molecule has 3 N–H and O–H groups in total. The van der Waals surface area contributed by atoms with E-state index in [1.807, 2.05) is 19.1 Å². The molecule has 108 valence electrons. The van der Waals surface area contributed by atoms with Gasteiger partial charge >= 0.3 is 0 Å². The maximum Gasteiger partial charge on any atom is 0.155 e. The first-order chi connectivity index (χ1) is 9.97. The molecule has 1 aliphatic rings. The number of aliphatic hydroxyl groups is 1. The topological polar surface area (TPSA) is 73.5 Å². The van der Waals surface area contributed by atoms with Crippen LogP contribution < -0.4 is 4.74 Å². The van der Waals surface area contributed by atoms with Gasteiger partial charge in [0.25, 0.3) is 0 Å². The van der Waals surface area contributed by atoms with Gasteiger partial charge in [-0.3, -0.25) is 0 Å². The highest BCUT2D eigenvalue weighted by molar-refractivity contribution is 6.05. The van der Waals surface area contributed by atoms with Crippen molar-refractivity contribution in [3.63, 3.8) is 0 Å². The van der Waals surface area contributed by atoms with E-state index in [1.54, 1.807) is 31.2 Å². The third-order valence-corrected chi connectivity index (χ3v) is 3.83. The number of fused-ring (bicyclic) bond motifs is 1. The first kappa shape index (κ1) is 13.6. The summed E-state index contributed by atoms with van der Waals surface area (Å²) in [5, 5.41) is 28.3. The van der Waals surface area contributed by atoms with E-state index < -0.39 is 12.2 Å². The zero-order chi connectivity index (χ0) is 15.1. The molecule has 0 saturated heterocycles. The number of aliphatic hydroxyl groups excluding tert-OH is 1. The maximum atomic E-state index is 10.3. The summed E-state index contributed by atoms with van der Waals surface area (Å²) in [6, 6.07) is 10.7. The Bertz CT molecular complexity index is 724. The minimum atomic E-state index is -1.05. The summed E-state index contributed by atoms with van der Waals surface area (Å²) in [6.45, 7) is 3.75. The highest BCUT2D eigenvalue weighted by Crippen LogP contribution is 2.36. The van der Waals surface area contributed by atoms with Crippen molar-refractivity contribution in [1.82, 2.24) is 0 Å². The van der Waals surface area contributed by atoms with Gasteiger partial charge in [0.05, 0.1) is 5.71 Å². The Morgan fingerprint density at radius 2 is 1.86 bits per heavy atom. The Labute approximate surface area is 123 Å². The Morgan fingerprint density at radius 1 is 1.10 bits per heavy atom. The summed E-state index contributed by atoms with van der Waals surface area (Å²) < 4.78 is 5.87. The van der Waals surface area contributed by atoms with Crippen molar-refractivity contribution in [2.24, 2.45) is 0 Å². The second kappa shape index (κ2) is 4.90. The molecule has 21 heavy (non-hydrogen) atoms. The molecule has 0 amide bonds. The highest BCUT2D eigenvalue weighted by Gasteiger charge is 2.34. The maximum absolute atomic E-state index is 10.3. The normalized spacial score (nSPS) is 20.8. The van der Waals surface area contributed by atoms with Crippen molar-refractivity contribution in [2.45, 2.75) is 26.1 Å². The van der Waals surface area contributed by atoms with Crippen molar-refractivity contribution in [2.75, 3.05) is 0 Å². The fourth-order valence-corrected chi connectivity index (χ4v) is 2.52. The molecule has 0 bridgehead atoms. The van der Waals surface area contributed by atoms with Crippen LogP contribution in [-0.4, -0.2) is 22.0 Å². The molecule has 0 spiro atoms. The van der Waals surface area contributed by atoms with Gasteiger partial charge in [-0.25, -0.2) is 0 Å². The van der Waals surface area contributed by atoms with Gasteiger partial charge in [-0.2, -0.15) is 0 Å². The average molecular weight is 283 g/mol. The van der Waals surface area contributed by atoms with Crippen LogP contribution in [0.2, 0.25) is 0 Å². The Balaban J connectivity index is 2.05. The molecule has 0 saturated carbocycles. The first-order valence-electron chi connectivity index (χ1n) is 6.81. The third-order valence-electron chi connectivity index (χ3n) is 3.83. The number of aryl methyl sites for hydroxylation is 2. The van der Waals surface area contributed by atoms with E-state index in [4.69, 9.17) is 10.1 Å². The van der Waals surface area contributed by atoms with Crippen LogP contribution in [0.25, 0.3) is 0 Å². The van der Waals surface area contributed by atoms with Gasteiger partial charge in [0.2, 0.25) is 0 Å². The average Bonchev–Trinajstić information content (AvgIpc) is 2.45. The lowest BCUT2D eigenvalue weighted by Crippen LogP contribution is -2.36. The molecule has 4 heteroatoms. The number of hydrogen-bond acceptors (Lipinski definition) is 4. The standard InChI is InChI=1S/C17H17NO3/c1-9-3-6-12-14(7-9)21-17(16(20)15(12)18)11-5-4-10(2)13(19)8-11/h3-8,16-20H,1-2H3. The van der Waals surface area contributed by atoms with E-state index in [0.717, 1.165) is 11.1 Å². The summed E-state index contributed by atoms with van der Waals surface area (Å²) in [7, 11) is 0. The third kappa shape index (κ3) is 2.28. The SMILES string of the molecule is Cc1ccc2c(c1)OC(c1ccc(C)c(O)c1)C(O)C2=N. The fourth-order valence-electron chi connectivity index (χ4n) is 2.52. The molecule has 0 aromatic heterocycles. The number of phenolic OH excluding ortho intramolecular Hbond substituents is 1. The quantitative estimate of drug-likeness (QED) is 0.753. The summed E-state index contributed by atoms with van der Waals surface area (Å²) in [5.41, 5.74) is 3.20. The number of aromatic hydroxyl groups is 1. The Morgan fingerprint density at radius 3 is 2.57 bits per heavy atom. The number of benzene rings is 2. The highest BCUT2D eigenvalue weighted by atomic mass is 16.5. The lowest BCUT2D eigenvalue weighted by atomic mass is 9.92. The molecule has 0 radical (unpaired) electrons. The second-order valence-electron chi connectivity index (χ2n) is 5.44. The molecule has 1 heterocycles. The van der Waals surface area contributed by atoms with E-state index in [0.29, 0.717) is 16.9 Å². The largest absolute Gasteiger partial charge is 0.508 e. The summed E-state index contributed by atoms with van der Waals surface area (Å²) in [4.78, 5) is 0. The van der Waals surface area contributed by atoms with Crippen molar-refractivity contribution in [1.29, 1.82) is 5.41 Å². The van der Waals surface area contributed by atoms with Crippen molar-refractivity contribution in [3.05, 3.63) is 58.7 Å². The van der Waals surface area contributed by atoms with Crippen molar-refractivity contribution >= 4 is 5.71 Å². The van der Waals surface area contributed by atoms with Gasteiger partial charge in [0.15, 0.2) is 6.10 Å². The number of rotatable bonds is 1. The predicted octanol–water partition coefficient (Wildman–Crippen LogP) is 2.87. The van der Waals surface area contributed by atoms with E-state index in [2.05, 4.69) is 0 Å². The zero-order valence-corrected chi connectivity index (χ0v) is 11.9. The van der Waals surface area contributed by atoms with Gasteiger partial charge in [-0.15, -0.1) is 0 Å². The minimum Gasteiger partial charge on any atom is -0.508 e.